The lowest BCUT2D eigenvalue weighted by atomic mass is 9.98. The standard InChI is InChI=1S/C27H31FN4O4S/c1-4-32(25(33)21-9-5-6-10-22(21)28)27-30-29-24(37-27)20-14-17(2)23(18(3)15-20)36-13-12-31-11-7-8-19(16-31)26(34)35/h5-6,9-10,14-15,19H,4,7-8,11-13,16H2,1-3H3,(H,34,35). The molecule has 1 unspecified atom stereocenters. The van der Waals surface area contributed by atoms with Crippen molar-refractivity contribution < 1.29 is 23.8 Å². The summed E-state index contributed by atoms with van der Waals surface area (Å²) < 4.78 is 20.3. The summed E-state index contributed by atoms with van der Waals surface area (Å²) in [4.78, 5) is 27.8. The Hall–Kier alpha value is -3.37. The highest BCUT2D eigenvalue weighted by atomic mass is 32.1. The van der Waals surface area contributed by atoms with Gasteiger partial charge in [0, 0.05) is 25.2 Å². The molecule has 0 saturated carbocycles. The molecule has 1 N–H and O–H groups in total. The minimum absolute atomic E-state index is 0.00248. The molecule has 10 heteroatoms. The average Bonchev–Trinajstić information content (AvgIpc) is 3.36. The maximum atomic E-state index is 14.2. The fourth-order valence-corrected chi connectivity index (χ4v) is 5.52. The van der Waals surface area contributed by atoms with Crippen LogP contribution in [0.3, 0.4) is 0 Å². The third-order valence-electron chi connectivity index (χ3n) is 6.53. The van der Waals surface area contributed by atoms with Gasteiger partial charge in [-0.05, 0) is 75.5 Å². The maximum Gasteiger partial charge on any atom is 0.307 e. The van der Waals surface area contributed by atoms with Crippen molar-refractivity contribution in [2.45, 2.75) is 33.6 Å². The van der Waals surface area contributed by atoms with E-state index in [9.17, 15) is 19.1 Å². The van der Waals surface area contributed by atoms with Crippen molar-refractivity contribution in [1.82, 2.24) is 15.1 Å². The molecule has 1 saturated heterocycles. The molecule has 2 aromatic carbocycles. The lowest BCUT2D eigenvalue weighted by molar-refractivity contribution is -0.143. The number of aromatic nitrogens is 2. The zero-order chi connectivity index (χ0) is 26.5. The van der Waals surface area contributed by atoms with Crippen LogP contribution < -0.4 is 9.64 Å². The Morgan fingerprint density at radius 3 is 2.62 bits per heavy atom. The lowest BCUT2D eigenvalue weighted by Gasteiger charge is -2.30. The molecule has 37 heavy (non-hydrogen) atoms. The first kappa shape index (κ1) is 26.7. The fourth-order valence-electron chi connectivity index (χ4n) is 4.63. The van der Waals surface area contributed by atoms with Gasteiger partial charge in [0.2, 0.25) is 5.13 Å². The van der Waals surface area contributed by atoms with Crippen molar-refractivity contribution in [1.29, 1.82) is 0 Å². The number of likely N-dealkylation sites (tertiary alicyclic amines) is 1. The Morgan fingerprint density at radius 2 is 1.95 bits per heavy atom. The number of carboxylic acids is 1. The van der Waals surface area contributed by atoms with E-state index in [0.29, 0.717) is 36.4 Å². The zero-order valence-corrected chi connectivity index (χ0v) is 22.1. The summed E-state index contributed by atoms with van der Waals surface area (Å²) in [5.41, 5.74) is 2.75. The van der Waals surface area contributed by atoms with Crippen LogP contribution in [0, 0.1) is 25.6 Å². The summed E-state index contributed by atoms with van der Waals surface area (Å²) in [6.45, 7) is 8.67. The lowest BCUT2D eigenvalue weighted by Crippen LogP contribution is -2.40. The predicted molar refractivity (Wildman–Crippen MR) is 141 cm³/mol. The summed E-state index contributed by atoms with van der Waals surface area (Å²) in [5.74, 6) is -1.27. The SMILES string of the molecule is CCN(C(=O)c1ccccc1F)c1nnc(-c2cc(C)c(OCCN3CCCC(C(=O)O)C3)c(C)c2)s1. The number of piperidine rings is 1. The van der Waals surface area contributed by atoms with Gasteiger partial charge in [-0.3, -0.25) is 19.4 Å². The topological polar surface area (TPSA) is 95.9 Å². The van der Waals surface area contributed by atoms with Crippen molar-refractivity contribution in [3.8, 4) is 16.3 Å². The number of anilines is 1. The quantitative estimate of drug-likeness (QED) is 0.428. The molecule has 0 aliphatic carbocycles. The summed E-state index contributed by atoms with van der Waals surface area (Å²) in [7, 11) is 0. The van der Waals surface area contributed by atoms with Crippen molar-refractivity contribution in [2.75, 3.05) is 37.7 Å². The molecular weight excluding hydrogens is 495 g/mol. The molecule has 1 fully saturated rings. The first-order valence-corrected chi connectivity index (χ1v) is 13.2. The molecule has 196 valence electrons. The van der Waals surface area contributed by atoms with E-state index in [4.69, 9.17) is 4.74 Å². The van der Waals surface area contributed by atoms with Crippen LogP contribution in [0.1, 0.15) is 41.3 Å². The Labute approximate surface area is 219 Å². The van der Waals surface area contributed by atoms with Crippen molar-refractivity contribution in [3.63, 3.8) is 0 Å². The van der Waals surface area contributed by atoms with E-state index >= 15 is 0 Å². The van der Waals surface area contributed by atoms with E-state index in [0.717, 1.165) is 41.8 Å². The summed E-state index contributed by atoms with van der Waals surface area (Å²) in [6, 6.07) is 9.85. The molecule has 1 aromatic heterocycles. The van der Waals surface area contributed by atoms with Crippen LogP contribution in [0.4, 0.5) is 9.52 Å². The third-order valence-corrected chi connectivity index (χ3v) is 7.52. The average molecular weight is 527 g/mol. The number of amides is 1. The number of hydrogen-bond acceptors (Lipinski definition) is 7. The van der Waals surface area contributed by atoms with Crippen molar-refractivity contribution in [3.05, 3.63) is 58.9 Å². The second-order valence-corrected chi connectivity index (χ2v) is 10.1. The van der Waals surface area contributed by atoms with Gasteiger partial charge >= 0.3 is 5.97 Å². The number of benzene rings is 2. The minimum Gasteiger partial charge on any atom is -0.492 e. The number of nitrogens with zero attached hydrogens (tertiary/aromatic N) is 4. The number of aliphatic carboxylic acids is 1. The van der Waals surface area contributed by atoms with Gasteiger partial charge in [-0.2, -0.15) is 0 Å². The number of halogens is 1. The maximum absolute atomic E-state index is 14.2. The highest BCUT2D eigenvalue weighted by Crippen LogP contribution is 2.34. The molecule has 1 atom stereocenters. The Morgan fingerprint density at radius 1 is 1.22 bits per heavy atom. The van der Waals surface area contributed by atoms with Gasteiger partial charge < -0.3 is 9.84 Å². The van der Waals surface area contributed by atoms with E-state index in [1.807, 2.05) is 32.9 Å². The first-order valence-electron chi connectivity index (χ1n) is 12.4. The molecule has 4 rings (SSSR count). The van der Waals surface area contributed by atoms with Gasteiger partial charge in [0.05, 0.1) is 11.5 Å². The van der Waals surface area contributed by atoms with Gasteiger partial charge in [-0.15, -0.1) is 10.2 Å². The zero-order valence-electron chi connectivity index (χ0n) is 21.2. The molecular formula is C27H31FN4O4S. The molecule has 0 bridgehead atoms. The summed E-state index contributed by atoms with van der Waals surface area (Å²) in [5, 5.41) is 18.9. The summed E-state index contributed by atoms with van der Waals surface area (Å²) >= 11 is 1.27. The minimum atomic E-state index is -0.730. The van der Waals surface area contributed by atoms with Gasteiger partial charge in [0.25, 0.3) is 5.91 Å². The number of rotatable bonds is 9. The Bertz CT molecular complexity index is 1260. The number of carbonyl (C=O) groups excluding carboxylic acids is 1. The highest BCUT2D eigenvalue weighted by molar-refractivity contribution is 7.18. The molecule has 1 aliphatic rings. The predicted octanol–water partition coefficient (Wildman–Crippen LogP) is 4.80. The monoisotopic (exact) mass is 526 g/mol. The number of carbonyl (C=O) groups is 2. The van der Waals surface area contributed by atoms with E-state index < -0.39 is 17.7 Å². The van der Waals surface area contributed by atoms with E-state index in [1.54, 1.807) is 12.1 Å². The first-order chi connectivity index (χ1) is 17.8. The third kappa shape index (κ3) is 6.14. The number of carboxylic acid groups (broad SMARTS) is 1. The second-order valence-electron chi connectivity index (χ2n) is 9.18. The highest BCUT2D eigenvalue weighted by Gasteiger charge is 2.25. The number of ether oxygens (including phenoxy) is 1. The van der Waals surface area contributed by atoms with Crippen LogP contribution in [0.15, 0.2) is 36.4 Å². The van der Waals surface area contributed by atoms with E-state index in [1.165, 1.54) is 28.4 Å². The van der Waals surface area contributed by atoms with Crippen molar-refractivity contribution >= 4 is 28.3 Å². The second kappa shape index (κ2) is 11.8. The number of aryl methyl sites for hydroxylation is 2. The molecule has 8 nitrogen and oxygen atoms in total. The molecule has 1 aliphatic heterocycles. The number of hydrogen-bond donors (Lipinski definition) is 1. The normalized spacial score (nSPS) is 15.9. The molecule has 3 aromatic rings. The smallest absolute Gasteiger partial charge is 0.307 e. The summed E-state index contributed by atoms with van der Waals surface area (Å²) in [6.07, 6.45) is 1.61. The van der Waals surface area contributed by atoms with Gasteiger partial charge in [-0.25, -0.2) is 4.39 Å². The largest absolute Gasteiger partial charge is 0.492 e. The molecule has 2 heterocycles. The van der Waals surface area contributed by atoms with Gasteiger partial charge in [-0.1, -0.05) is 23.5 Å². The van der Waals surface area contributed by atoms with Crippen LogP contribution in [0.5, 0.6) is 5.75 Å². The van der Waals surface area contributed by atoms with E-state index in [-0.39, 0.29) is 11.5 Å². The molecule has 0 spiro atoms. The van der Waals surface area contributed by atoms with Crippen LogP contribution in [0.25, 0.3) is 10.6 Å². The Balaban J connectivity index is 1.44. The van der Waals surface area contributed by atoms with Crippen LogP contribution in [-0.4, -0.2) is 64.9 Å². The van der Waals surface area contributed by atoms with Gasteiger partial charge in [0.15, 0.2) is 0 Å². The van der Waals surface area contributed by atoms with Crippen LogP contribution in [-0.2, 0) is 4.79 Å². The molecule has 0 radical (unpaired) electrons. The van der Waals surface area contributed by atoms with Crippen LogP contribution >= 0.6 is 11.3 Å². The van der Waals surface area contributed by atoms with Crippen molar-refractivity contribution in [2.24, 2.45) is 5.92 Å². The fraction of sp³-hybridized carbons (Fsp3) is 0.407. The molecule has 1 amide bonds. The van der Waals surface area contributed by atoms with Gasteiger partial charge in [0.1, 0.15) is 23.2 Å². The van der Waals surface area contributed by atoms with E-state index in [2.05, 4.69) is 15.1 Å². The Kier molecular flexibility index (Phi) is 8.50. The van der Waals surface area contributed by atoms with Crippen LogP contribution in [0.2, 0.25) is 0 Å².